The zero-order chi connectivity index (χ0) is 26.6. The van der Waals surface area contributed by atoms with Gasteiger partial charge in [0.1, 0.15) is 23.4 Å². The summed E-state index contributed by atoms with van der Waals surface area (Å²) in [7, 11) is 1.62. The average Bonchev–Trinajstić information content (AvgIpc) is 3.56. The van der Waals surface area contributed by atoms with E-state index in [9.17, 15) is 4.79 Å². The zero-order valence-electron chi connectivity index (χ0n) is 21.7. The maximum Gasteiger partial charge on any atom is 0.229 e. The van der Waals surface area contributed by atoms with Gasteiger partial charge in [-0.2, -0.15) is 4.98 Å². The van der Waals surface area contributed by atoms with Crippen molar-refractivity contribution in [3.05, 3.63) is 76.7 Å². The van der Waals surface area contributed by atoms with E-state index in [1.54, 1.807) is 13.2 Å². The van der Waals surface area contributed by atoms with Gasteiger partial charge in [0.25, 0.3) is 0 Å². The van der Waals surface area contributed by atoms with Crippen molar-refractivity contribution in [1.29, 1.82) is 0 Å². The number of aryl methyl sites for hydroxylation is 1. The molecule has 1 N–H and O–H groups in total. The number of nitrogens with zero attached hydrogens (tertiary/aromatic N) is 3. The largest absolute Gasteiger partial charge is 0.497 e. The number of fused-ring (bicyclic) bond motifs is 2. The fourth-order valence-electron chi connectivity index (χ4n) is 5.12. The van der Waals surface area contributed by atoms with Gasteiger partial charge in [-0.05, 0) is 69.2 Å². The van der Waals surface area contributed by atoms with E-state index in [-0.39, 0.29) is 5.43 Å². The number of hydrogen-bond donors (Lipinski definition) is 1. The Kier molecular flexibility index (Phi) is 7.22. The monoisotopic (exact) mass is 510 g/mol. The van der Waals surface area contributed by atoms with E-state index in [2.05, 4.69) is 27.9 Å². The highest BCUT2D eigenvalue weighted by molar-refractivity contribution is 5.91. The second kappa shape index (κ2) is 10.9. The number of methoxy groups -OCH3 is 1. The molecular formula is C30H30N4O4. The Bertz CT molecular complexity index is 1650. The lowest BCUT2D eigenvalue weighted by Gasteiger charge is -2.15. The van der Waals surface area contributed by atoms with Crippen LogP contribution in [-0.2, 0) is 4.79 Å². The molecule has 1 fully saturated rings. The second-order valence-corrected chi connectivity index (χ2v) is 9.31. The molecule has 3 heterocycles. The van der Waals surface area contributed by atoms with E-state index < -0.39 is 0 Å². The van der Waals surface area contributed by atoms with Gasteiger partial charge in [-0.15, -0.1) is 0 Å². The molecule has 0 radical (unpaired) electrons. The summed E-state index contributed by atoms with van der Waals surface area (Å²) in [6.07, 6.45) is 7.48. The van der Waals surface area contributed by atoms with Gasteiger partial charge in [0.05, 0.1) is 18.2 Å². The molecule has 2 aromatic carbocycles. The Morgan fingerprint density at radius 3 is 2.55 bits per heavy atom. The molecule has 3 aromatic heterocycles. The molecule has 6 rings (SSSR count). The molecule has 0 atom stereocenters. The summed E-state index contributed by atoms with van der Waals surface area (Å²) >= 11 is 0. The minimum atomic E-state index is -0.108. The van der Waals surface area contributed by atoms with Crippen LogP contribution in [0.4, 0.5) is 11.6 Å². The smallest absolute Gasteiger partial charge is 0.229 e. The van der Waals surface area contributed by atoms with Crippen molar-refractivity contribution in [2.24, 2.45) is 0 Å². The van der Waals surface area contributed by atoms with E-state index in [4.69, 9.17) is 18.9 Å². The summed E-state index contributed by atoms with van der Waals surface area (Å²) in [5, 5.41) is 4.83. The van der Waals surface area contributed by atoms with Gasteiger partial charge >= 0.3 is 0 Å². The molecule has 8 heteroatoms. The van der Waals surface area contributed by atoms with Crippen LogP contribution in [0, 0.1) is 6.92 Å². The molecule has 38 heavy (non-hydrogen) atoms. The molecule has 1 aliphatic carbocycles. The summed E-state index contributed by atoms with van der Waals surface area (Å²) in [5.74, 6) is 1.70. The van der Waals surface area contributed by atoms with Crippen LogP contribution < -0.4 is 15.5 Å². The number of carbonyl (C=O) groups excluding carboxylic acids is 1. The summed E-state index contributed by atoms with van der Waals surface area (Å²) in [5.41, 5.74) is 3.94. The van der Waals surface area contributed by atoms with E-state index in [0.29, 0.717) is 34.4 Å². The maximum atomic E-state index is 12.9. The zero-order valence-corrected chi connectivity index (χ0v) is 21.7. The first kappa shape index (κ1) is 25.2. The SMILES string of the molecule is CC=O.COc1ccc(-c2cc(=O)c3cccc(Nc4ncc5cc(C)n(C6CCCC6)c5n4)c3o2)cc1. The van der Waals surface area contributed by atoms with Crippen LogP contribution in [-0.4, -0.2) is 27.9 Å². The lowest BCUT2D eigenvalue weighted by atomic mass is 10.1. The fourth-order valence-corrected chi connectivity index (χ4v) is 5.12. The number of rotatable bonds is 5. The number of aldehydes is 1. The highest BCUT2D eigenvalue weighted by Crippen LogP contribution is 2.35. The molecule has 194 valence electrons. The van der Waals surface area contributed by atoms with Gasteiger partial charge in [-0.1, -0.05) is 18.9 Å². The van der Waals surface area contributed by atoms with Crippen LogP contribution >= 0.6 is 0 Å². The van der Waals surface area contributed by atoms with Gasteiger partial charge in [-0.3, -0.25) is 4.79 Å². The minimum Gasteiger partial charge on any atom is -0.497 e. The molecule has 5 aromatic rings. The molecule has 1 saturated carbocycles. The van der Waals surface area contributed by atoms with Crippen molar-refractivity contribution in [2.45, 2.75) is 45.6 Å². The minimum absolute atomic E-state index is 0.108. The van der Waals surface area contributed by atoms with Crippen molar-refractivity contribution in [3.63, 3.8) is 0 Å². The second-order valence-electron chi connectivity index (χ2n) is 9.31. The summed E-state index contributed by atoms with van der Waals surface area (Å²) in [6, 6.07) is 17.0. The predicted octanol–water partition coefficient (Wildman–Crippen LogP) is 6.59. The first-order valence-electron chi connectivity index (χ1n) is 12.7. The average molecular weight is 511 g/mol. The molecule has 0 bridgehead atoms. The molecule has 0 saturated heterocycles. The number of nitrogens with one attached hydrogen (secondary N) is 1. The Morgan fingerprint density at radius 1 is 1.11 bits per heavy atom. The third-order valence-corrected chi connectivity index (χ3v) is 6.83. The molecular weight excluding hydrogens is 480 g/mol. The van der Waals surface area contributed by atoms with Gasteiger partial charge in [0.2, 0.25) is 5.95 Å². The first-order chi connectivity index (χ1) is 18.5. The quantitative estimate of drug-likeness (QED) is 0.266. The molecule has 0 aliphatic heterocycles. The lowest BCUT2D eigenvalue weighted by Crippen LogP contribution is -2.08. The standard InChI is InChI=1S/C28H26N4O3.C2H4O/c1-17-14-19-16-29-28(31-27(19)32(17)20-6-3-4-7-20)30-23-9-5-8-22-24(33)15-25(35-26(22)23)18-10-12-21(34-2)13-11-18;1-2-3/h5,8-16,20H,3-4,6-7H2,1-2H3,(H,29,30,31);2H,1H3. The highest BCUT2D eigenvalue weighted by Gasteiger charge is 2.21. The van der Waals surface area contributed by atoms with Crippen molar-refractivity contribution in [2.75, 3.05) is 12.4 Å². The number of hydrogen-bond acceptors (Lipinski definition) is 7. The molecule has 8 nitrogen and oxygen atoms in total. The van der Waals surface area contributed by atoms with Crippen LogP contribution in [0.3, 0.4) is 0 Å². The van der Waals surface area contributed by atoms with Crippen LogP contribution in [0.15, 0.2) is 70.0 Å². The molecule has 1 aliphatic rings. The van der Waals surface area contributed by atoms with Gasteiger partial charge < -0.3 is 23.8 Å². The normalized spacial score (nSPS) is 13.3. The Labute approximate surface area is 220 Å². The number of anilines is 2. The van der Waals surface area contributed by atoms with Crippen LogP contribution in [0.1, 0.15) is 44.3 Å². The third-order valence-electron chi connectivity index (χ3n) is 6.83. The number of ether oxygens (including phenoxy) is 1. The Morgan fingerprint density at radius 2 is 1.84 bits per heavy atom. The molecule has 0 spiro atoms. The van der Waals surface area contributed by atoms with Gasteiger partial charge in [-0.25, -0.2) is 4.98 Å². The fraction of sp³-hybridized carbons (Fsp3) is 0.267. The number of benzene rings is 2. The predicted molar refractivity (Wildman–Crippen MR) is 149 cm³/mol. The molecule has 0 unspecified atom stereocenters. The van der Waals surface area contributed by atoms with E-state index >= 15 is 0 Å². The Hall–Kier alpha value is -4.46. The summed E-state index contributed by atoms with van der Waals surface area (Å²) < 4.78 is 13.8. The van der Waals surface area contributed by atoms with Gasteiger partial charge in [0.15, 0.2) is 11.0 Å². The van der Waals surface area contributed by atoms with E-state index in [0.717, 1.165) is 28.6 Å². The van der Waals surface area contributed by atoms with Crippen molar-refractivity contribution >= 4 is 39.9 Å². The van der Waals surface area contributed by atoms with Crippen LogP contribution in [0.5, 0.6) is 5.75 Å². The summed E-state index contributed by atoms with van der Waals surface area (Å²) in [6.45, 7) is 3.58. The van der Waals surface area contributed by atoms with Crippen LogP contribution in [0.2, 0.25) is 0 Å². The topological polar surface area (TPSA) is 99.2 Å². The molecule has 0 amide bonds. The number of para-hydroxylation sites is 1. The number of aromatic nitrogens is 3. The lowest BCUT2D eigenvalue weighted by molar-refractivity contribution is -0.106. The summed E-state index contributed by atoms with van der Waals surface area (Å²) in [4.78, 5) is 31.1. The van der Waals surface area contributed by atoms with Crippen molar-refractivity contribution < 1.29 is 13.9 Å². The van der Waals surface area contributed by atoms with E-state index in [1.807, 2.05) is 42.6 Å². The van der Waals surface area contributed by atoms with Crippen molar-refractivity contribution in [1.82, 2.24) is 14.5 Å². The first-order valence-corrected chi connectivity index (χ1v) is 12.7. The van der Waals surface area contributed by atoms with Gasteiger partial charge in [0, 0.05) is 34.9 Å². The van der Waals surface area contributed by atoms with E-state index in [1.165, 1.54) is 44.4 Å². The maximum absolute atomic E-state index is 12.9. The Balaban J connectivity index is 0.000000937. The van der Waals surface area contributed by atoms with Crippen molar-refractivity contribution in [3.8, 4) is 17.1 Å². The van der Waals surface area contributed by atoms with Crippen LogP contribution in [0.25, 0.3) is 33.3 Å². The highest BCUT2D eigenvalue weighted by atomic mass is 16.5. The number of carbonyl (C=O) groups is 1. The third kappa shape index (κ3) is 4.89.